The van der Waals surface area contributed by atoms with Gasteiger partial charge in [0.1, 0.15) is 17.5 Å². The maximum Gasteiger partial charge on any atom is 0.220 e. The number of nitrogen functional groups attached to an aromatic ring is 1. The summed E-state index contributed by atoms with van der Waals surface area (Å²) in [6.45, 7) is 6.31. The molecule has 0 aliphatic rings. The summed E-state index contributed by atoms with van der Waals surface area (Å²) in [4.78, 5) is 22.0. The maximum atomic E-state index is 5.72. The molecule has 0 saturated heterocycles. The minimum atomic E-state index is 0.255. The van der Waals surface area contributed by atoms with Gasteiger partial charge in [0.15, 0.2) is 0 Å². The van der Waals surface area contributed by atoms with Crippen LogP contribution in [0.1, 0.15) is 42.3 Å². The molecule has 0 unspecified atom stereocenters. The number of anilines is 3. The van der Waals surface area contributed by atoms with E-state index in [0.717, 1.165) is 40.2 Å². The summed E-state index contributed by atoms with van der Waals surface area (Å²) < 4.78 is 0. The number of nitrogens with two attached hydrogens (primary N) is 1. The van der Waals surface area contributed by atoms with Gasteiger partial charge in [-0.15, -0.1) is 0 Å². The van der Waals surface area contributed by atoms with Gasteiger partial charge in [0.2, 0.25) is 5.95 Å². The summed E-state index contributed by atoms with van der Waals surface area (Å²) in [5.41, 5.74) is 10.3. The molecular formula is C26H25N7. The Morgan fingerprint density at radius 2 is 1.76 bits per heavy atom. The third-order valence-electron chi connectivity index (χ3n) is 5.77. The van der Waals surface area contributed by atoms with Crippen molar-refractivity contribution >= 4 is 39.3 Å². The Bertz CT molecular complexity index is 1480. The van der Waals surface area contributed by atoms with Gasteiger partial charge in [0, 0.05) is 35.3 Å². The highest BCUT2D eigenvalue weighted by atomic mass is 15.1. The van der Waals surface area contributed by atoms with Crippen LogP contribution in [0.4, 0.5) is 17.6 Å². The van der Waals surface area contributed by atoms with E-state index < -0.39 is 0 Å². The molecule has 0 aliphatic carbocycles. The summed E-state index contributed by atoms with van der Waals surface area (Å²) in [6.07, 6.45) is 6.19. The van der Waals surface area contributed by atoms with Crippen molar-refractivity contribution < 1.29 is 0 Å². The number of pyridine rings is 1. The van der Waals surface area contributed by atoms with Crippen LogP contribution in [0.3, 0.4) is 0 Å². The number of hydrogen-bond acceptors (Lipinski definition) is 7. The van der Waals surface area contributed by atoms with Crippen molar-refractivity contribution in [3.05, 3.63) is 83.6 Å². The van der Waals surface area contributed by atoms with Crippen LogP contribution < -0.4 is 11.1 Å². The fraction of sp³-hybridized carbons (Fsp3) is 0.192. The zero-order valence-electron chi connectivity index (χ0n) is 18.9. The SMILES string of the molecule is Cc1ccc2c(Nc3ccnc(C(C)C)n3)nccc2c1Cc1ccc2nc(N)ncc2c1. The smallest absolute Gasteiger partial charge is 0.220 e. The lowest BCUT2D eigenvalue weighted by Crippen LogP contribution is -2.03. The highest BCUT2D eigenvalue weighted by Gasteiger charge is 2.12. The number of rotatable bonds is 5. The van der Waals surface area contributed by atoms with Gasteiger partial charge in [-0.1, -0.05) is 32.0 Å². The van der Waals surface area contributed by atoms with Crippen LogP contribution in [-0.4, -0.2) is 24.9 Å². The van der Waals surface area contributed by atoms with E-state index in [1.807, 2.05) is 18.3 Å². The lowest BCUT2D eigenvalue weighted by molar-refractivity contribution is 0.776. The molecule has 0 aliphatic heterocycles. The Morgan fingerprint density at radius 1 is 0.909 bits per heavy atom. The number of aryl methyl sites for hydroxylation is 1. The van der Waals surface area contributed by atoms with Crippen molar-refractivity contribution in [2.24, 2.45) is 0 Å². The molecule has 0 bridgehead atoms. The molecule has 5 aromatic rings. The second-order valence-corrected chi connectivity index (χ2v) is 8.49. The van der Waals surface area contributed by atoms with E-state index in [0.29, 0.717) is 0 Å². The maximum absolute atomic E-state index is 5.72. The van der Waals surface area contributed by atoms with Gasteiger partial charge in [-0.05, 0) is 59.7 Å². The molecule has 0 radical (unpaired) electrons. The average Bonchev–Trinajstić information content (AvgIpc) is 2.81. The third kappa shape index (κ3) is 4.17. The third-order valence-corrected chi connectivity index (χ3v) is 5.77. The van der Waals surface area contributed by atoms with Gasteiger partial charge < -0.3 is 11.1 Å². The van der Waals surface area contributed by atoms with Crippen LogP contribution in [0.25, 0.3) is 21.7 Å². The summed E-state index contributed by atoms with van der Waals surface area (Å²) >= 11 is 0. The van der Waals surface area contributed by atoms with E-state index in [2.05, 4.69) is 81.3 Å². The zero-order chi connectivity index (χ0) is 22.9. The molecule has 0 saturated carbocycles. The van der Waals surface area contributed by atoms with E-state index in [1.54, 1.807) is 12.4 Å². The van der Waals surface area contributed by atoms with Gasteiger partial charge in [0.05, 0.1) is 5.52 Å². The van der Waals surface area contributed by atoms with Crippen molar-refractivity contribution in [1.82, 2.24) is 24.9 Å². The largest absolute Gasteiger partial charge is 0.368 e. The van der Waals surface area contributed by atoms with Crippen molar-refractivity contribution in [2.75, 3.05) is 11.1 Å². The minimum absolute atomic E-state index is 0.255. The first-order valence-corrected chi connectivity index (χ1v) is 11.0. The molecular weight excluding hydrogens is 410 g/mol. The highest BCUT2D eigenvalue weighted by molar-refractivity contribution is 5.96. The Morgan fingerprint density at radius 3 is 2.61 bits per heavy atom. The molecule has 0 atom stereocenters. The van der Waals surface area contributed by atoms with Crippen LogP contribution in [0.2, 0.25) is 0 Å². The Kier molecular flexibility index (Phi) is 5.30. The average molecular weight is 436 g/mol. The fourth-order valence-electron chi connectivity index (χ4n) is 4.01. The van der Waals surface area contributed by atoms with E-state index in [9.17, 15) is 0 Å². The van der Waals surface area contributed by atoms with Crippen molar-refractivity contribution in [1.29, 1.82) is 0 Å². The van der Waals surface area contributed by atoms with Gasteiger partial charge in [-0.2, -0.15) is 0 Å². The summed E-state index contributed by atoms with van der Waals surface area (Å²) in [5, 5.41) is 6.59. The van der Waals surface area contributed by atoms with Crippen LogP contribution >= 0.6 is 0 Å². The number of nitrogens with one attached hydrogen (secondary N) is 1. The normalized spacial score (nSPS) is 11.4. The molecule has 7 heteroatoms. The molecule has 0 fully saturated rings. The molecule has 0 spiro atoms. The van der Waals surface area contributed by atoms with Crippen molar-refractivity contribution in [3.8, 4) is 0 Å². The summed E-state index contributed by atoms with van der Waals surface area (Å²) in [7, 11) is 0. The Hall–Kier alpha value is -4.13. The van der Waals surface area contributed by atoms with Crippen LogP contribution in [0.5, 0.6) is 0 Å². The van der Waals surface area contributed by atoms with Crippen molar-refractivity contribution in [2.45, 2.75) is 33.1 Å². The molecule has 7 nitrogen and oxygen atoms in total. The number of hydrogen-bond donors (Lipinski definition) is 2. The molecule has 3 N–H and O–H groups in total. The van der Waals surface area contributed by atoms with Crippen LogP contribution in [-0.2, 0) is 6.42 Å². The quantitative estimate of drug-likeness (QED) is 0.385. The van der Waals surface area contributed by atoms with E-state index in [4.69, 9.17) is 5.73 Å². The first-order chi connectivity index (χ1) is 16.0. The monoisotopic (exact) mass is 435 g/mol. The molecule has 3 aromatic heterocycles. The number of nitrogens with zero attached hydrogens (tertiary/aromatic N) is 5. The molecule has 33 heavy (non-hydrogen) atoms. The van der Waals surface area contributed by atoms with E-state index in [-0.39, 0.29) is 11.9 Å². The lowest BCUT2D eigenvalue weighted by atomic mass is 9.94. The second kappa shape index (κ2) is 8.43. The van der Waals surface area contributed by atoms with Gasteiger partial charge >= 0.3 is 0 Å². The number of benzene rings is 2. The predicted octanol–water partition coefficient (Wildman–Crippen LogP) is 5.32. The lowest BCUT2D eigenvalue weighted by Gasteiger charge is -2.14. The Balaban J connectivity index is 1.53. The molecule has 0 amide bonds. The van der Waals surface area contributed by atoms with Gasteiger partial charge in [0.25, 0.3) is 0 Å². The van der Waals surface area contributed by atoms with E-state index >= 15 is 0 Å². The number of fused-ring (bicyclic) bond motifs is 2. The van der Waals surface area contributed by atoms with Crippen molar-refractivity contribution in [3.63, 3.8) is 0 Å². The van der Waals surface area contributed by atoms with Gasteiger partial charge in [-0.3, -0.25) is 0 Å². The number of aromatic nitrogens is 5. The molecule has 3 heterocycles. The van der Waals surface area contributed by atoms with Crippen LogP contribution in [0, 0.1) is 6.92 Å². The topological polar surface area (TPSA) is 102 Å². The summed E-state index contributed by atoms with van der Waals surface area (Å²) in [6, 6.07) is 14.4. The zero-order valence-corrected chi connectivity index (χ0v) is 18.9. The second-order valence-electron chi connectivity index (χ2n) is 8.49. The predicted molar refractivity (Wildman–Crippen MR) is 133 cm³/mol. The Labute approximate surface area is 192 Å². The van der Waals surface area contributed by atoms with E-state index in [1.165, 1.54) is 22.1 Å². The first kappa shape index (κ1) is 20.8. The standard InChI is InChI=1S/C26H25N7/c1-15(2)24-28-11-9-23(32-24)33-25-20-6-4-16(3)21(19(20)8-10-29-25)13-17-5-7-22-18(12-17)14-30-26(27)31-22/h4-12,14-15H,13H2,1-3H3,(H2,27,30,31)(H,28,29,32,33). The molecule has 2 aromatic carbocycles. The van der Waals surface area contributed by atoms with Gasteiger partial charge in [-0.25, -0.2) is 24.9 Å². The fourth-order valence-corrected chi connectivity index (χ4v) is 4.01. The molecule has 5 rings (SSSR count). The van der Waals surface area contributed by atoms with Crippen LogP contribution in [0.15, 0.2) is 61.1 Å². The summed E-state index contributed by atoms with van der Waals surface area (Å²) in [5.74, 6) is 2.87. The first-order valence-electron chi connectivity index (χ1n) is 11.0. The molecule has 164 valence electrons. The highest BCUT2D eigenvalue weighted by Crippen LogP contribution is 2.30. The minimum Gasteiger partial charge on any atom is -0.368 e.